The van der Waals surface area contributed by atoms with Gasteiger partial charge in [-0.1, -0.05) is 39.0 Å². The molecule has 0 radical (unpaired) electrons. The molecule has 1 fully saturated rings. The number of carboxylic acid groups (broad SMARTS) is 1. The molecule has 0 unspecified atom stereocenters. The predicted octanol–water partition coefficient (Wildman–Crippen LogP) is 4.35. The highest BCUT2D eigenvalue weighted by Gasteiger charge is 2.47. The summed E-state index contributed by atoms with van der Waals surface area (Å²) in [6, 6.07) is 11.3. The minimum atomic E-state index is -1.04. The van der Waals surface area contributed by atoms with E-state index in [0.717, 1.165) is 16.7 Å². The van der Waals surface area contributed by atoms with E-state index >= 15 is 0 Å². The van der Waals surface area contributed by atoms with E-state index in [1.54, 1.807) is 12.0 Å². The Morgan fingerprint density at radius 2 is 1.85 bits per heavy atom. The van der Waals surface area contributed by atoms with Gasteiger partial charge in [-0.2, -0.15) is 0 Å². The Kier molecular flexibility index (Phi) is 7.52. The zero-order valence-corrected chi connectivity index (χ0v) is 23.8. The van der Waals surface area contributed by atoms with Crippen LogP contribution in [-0.4, -0.2) is 66.7 Å². The molecule has 0 aliphatic carbocycles. The third-order valence-corrected chi connectivity index (χ3v) is 8.25. The summed E-state index contributed by atoms with van der Waals surface area (Å²) in [5.41, 5.74) is 2.97. The predicted molar refractivity (Wildman–Crippen MR) is 149 cm³/mol. The average Bonchev–Trinajstić information content (AvgIpc) is 3.04. The van der Waals surface area contributed by atoms with E-state index < -0.39 is 24.1 Å². The number of rotatable bonds is 5. The first-order chi connectivity index (χ1) is 19.0. The van der Waals surface area contributed by atoms with E-state index in [2.05, 4.69) is 20.8 Å². The van der Waals surface area contributed by atoms with Gasteiger partial charge in [0.1, 0.15) is 30.3 Å². The molecule has 0 aromatic heterocycles. The highest BCUT2D eigenvalue weighted by molar-refractivity contribution is 6.02. The number of carbonyl (C=O) groups excluding carboxylic acids is 2. The van der Waals surface area contributed by atoms with Crippen molar-refractivity contribution in [2.45, 2.75) is 65.2 Å². The lowest BCUT2D eigenvalue weighted by Crippen LogP contribution is -2.56. The van der Waals surface area contributed by atoms with Gasteiger partial charge >= 0.3 is 5.97 Å². The molecule has 214 valence electrons. The van der Waals surface area contributed by atoms with Crippen LogP contribution in [0.2, 0.25) is 0 Å². The monoisotopic (exact) mass is 550 g/mol. The van der Waals surface area contributed by atoms with Gasteiger partial charge in [-0.15, -0.1) is 0 Å². The molecule has 0 spiro atoms. The molecule has 9 heteroatoms. The number of carbonyl (C=O) groups is 3. The zero-order valence-electron chi connectivity index (χ0n) is 23.8. The third kappa shape index (κ3) is 5.27. The van der Waals surface area contributed by atoms with Crippen LogP contribution in [0.3, 0.4) is 0 Å². The zero-order chi connectivity index (χ0) is 28.8. The largest absolute Gasteiger partial charge is 0.497 e. The van der Waals surface area contributed by atoms with Crippen LogP contribution in [0.4, 0.5) is 5.69 Å². The Morgan fingerprint density at radius 1 is 1.12 bits per heavy atom. The average molecular weight is 551 g/mol. The number of likely N-dealkylation sites (tertiary alicyclic amines) is 1. The maximum absolute atomic E-state index is 14.4. The second kappa shape index (κ2) is 10.8. The van der Waals surface area contributed by atoms with E-state index in [1.165, 1.54) is 0 Å². The molecule has 1 saturated heterocycles. The second-order valence-corrected chi connectivity index (χ2v) is 12.1. The van der Waals surface area contributed by atoms with E-state index in [-0.39, 0.29) is 29.7 Å². The van der Waals surface area contributed by atoms with Crippen molar-refractivity contribution < 1.29 is 33.7 Å². The third-order valence-electron chi connectivity index (χ3n) is 8.25. The SMILES string of the molecule is COc1cccc([C@H]2O[C@H](CC(=O)N3CCC(C(=O)O)CC3)C(=O)N3c4c(cc(C)cc42)OC[C@H]3C(C)(C)C)c1. The molecule has 3 heterocycles. The minimum absolute atomic E-state index is 0.131. The van der Waals surface area contributed by atoms with Crippen LogP contribution in [-0.2, 0) is 19.1 Å². The molecular weight excluding hydrogens is 512 g/mol. The summed E-state index contributed by atoms with van der Waals surface area (Å²) in [7, 11) is 1.60. The number of benzene rings is 2. The number of anilines is 1. The number of aryl methyl sites for hydroxylation is 1. The number of amides is 2. The van der Waals surface area contributed by atoms with Gasteiger partial charge in [-0.25, -0.2) is 0 Å². The Morgan fingerprint density at radius 3 is 2.50 bits per heavy atom. The summed E-state index contributed by atoms with van der Waals surface area (Å²) >= 11 is 0. The van der Waals surface area contributed by atoms with E-state index in [1.807, 2.05) is 48.2 Å². The highest BCUT2D eigenvalue weighted by atomic mass is 16.5. The summed E-state index contributed by atoms with van der Waals surface area (Å²) in [5, 5.41) is 9.35. The normalized spacial score (nSPS) is 23.2. The lowest BCUT2D eigenvalue weighted by molar-refractivity contribution is -0.148. The van der Waals surface area contributed by atoms with Crippen LogP contribution in [0.15, 0.2) is 36.4 Å². The van der Waals surface area contributed by atoms with Crippen molar-refractivity contribution in [2.75, 3.05) is 31.7 Å². The minimum Gasteiger partial charge on any atom is -0.497 e. The molecule has 0 saturated carbocycles. The van der Waals surface area contributed by atoms with Crippen molar-refractivity contribution in [3.8, 4) is 11.5 Å². The van der Waals surface area contributed by atoms with Gasteiger partial charge in [0.05, 0.1) is 31.2 Å². The molecular formula is C31H38N2O7. The van der Waals surface area contributed by atoms with Gasteiger partial charge in [-0.05, 0) is 54.5 Å². The van der Waals surface area contributed by atoms with Gasteiger partial charge in [-0.3, -0.25) is 19.3 Å². The molecule has 9 nitrogen and oxygen atoms in total. The number of piperidine rings is 1. The van der Waals surface area contributed by atoms with E-state index in [0.29, 0.717) is 49.7 Å². The molecule has 3 aliphatic rings. The van der Waals surface area contributed by atoms with E-state index in [9.17, 15) is 19.5 Å². The van der Waals surface area contributed by atoms with Crippen molar-refractivity contribution in [1.29, 1.82) is 0 Å². The first-order valence-corrected chi connectivity index (χ1v) is 13.9. The molecule has 1 N–H and O–H groups in total. The van der Waals surface area contributed by atoms with Gasteiger partial charge < -0.3 is 24.2 Å². The van der Waals surface area contributed by atoms with Crippen LogP contribution < -0.4 is 14.4 Å². The highest BCUT2D eigenvalue weighted by Crippen LogP contribution is 2.49. The summed E-state index contributed by atoms with van der Waals surface area (Å²) in [6.45, 7) is 9.24. The lowest BCUT2D eigenvalue weighted by atomic mass is 9.84. The molecule has 0 bridgehead atoms. The Bertz CT molecular complexity index is 1310. The second-order valence-electron chi connectivity index (χ2n) is 12.1. The number of carboxylic acids is 1. The van der Waals surface area contributed by atoms with Crippen molar-refractivity contribution in [2.24, 2.45) is 11.3 Å². The standard InChI is InChI=1S/C31H38N2O7/c1-18-13-22-27-23(14-18)39-17-25(31(2,3)4)33(27)29(35)24(40-28(22)20-7-6-8-21(15-20)38-5)16-26(34)32-11-9-19(10-12-32)30(36)37/h6-8,13-15,19,24-25,28H,9-12,16-17H2,1-5H3,(H,36,37)/t24-,25+,28-/m1/s1. The Labute approximate surface area is 235 Å². The quantitative estimate of drug-likeness (QED) is 0.590. The molecule has 3 atom stereocenters. The van der Waals surface area contributed by atoms with E-state index in [4.69, 9.17) is 14.2 Å². The Hall–Kier alpha value is -3.59. The first kappa shape index (κ1) is 28.0. The number of aliphatic carboxylic acids is 1. The molecule has 2 aromatic rings. The molecule has 2 amide bonds. The van der Waals surface area contributed by atoms with Gasteiger partial charge in [0, 0.05) is 18.7 Å². The fourth-order valence-electron chi connectivity index (χ4n) is 5.95. The van der Waals surface area contributed by atoms with Crippen LogP contribution in [0, 0.1) is 18.3 Å². The first-order valence-electron chi connectivity index (χ1n) is 13.9. The molecule has 5 rings (SSSR count). The van der Waals surface area contributed by atoms with Crippen molar-refractivity contribution in [3.05, 3.63) is 53.1 Å². The summed E-state index contributed by atoms with van der Waals surface area (Å²) < 4.78 is 18.4. The fourth-order valence-corrected chi connectivity index (χ4v) is 5.95. The number of nitrogens with zero attached hydrogens (tertiary/aromatic N) is 2. The smallest absolute Gasteiger partial charge is 0.306 e. The maximum atomic E-state index is 14.4. The van der Waals surface area contributed by atoms with Gasteiger partial charge in [0.2, 0.25) is 5.91 Å². The van der Waals surface area contributed by atoms with Crippen LogP contribution >= 0.6 is 0 Å². The number of hydrogen-bond acceptors (Lipinski definition) is 6. The molecule has 3 aliphatic heterocycles. The van der Waals surface area contributed by atoms with Crippen LogP contribution in [0.5, 0.6) is 11.5 Å². The van der Waals surface area contributed by atoms with Crippen LogP contribution in [0.1, 0.15) is 62.8 Å². The van der Waals surface area contributed by atoms with Crippen molar-refractivity contribution in [1.82, 2.24) is 4.90 Å². The molecule has 2 aromatic carbocycles. The summed E-state index contributed by atoms with van der Waals surface area (Å²) in [5.74, 6) is -0.478. The van der Waals surface area contributed by atoms with Crippen LogP contribution in [0.25, 0.3) is 0 Å². The topological polar surface area (TPSA) is 106 Å². The number of hydrogen-bond donors (Lipinski definition) is 1. The fraction of sp³-hybridized carbons (Fsp3) is 0.516. The lowest BCUT2D eigenvalue weighted by Gasteiger charge is -2.44. The summed E-state index contributed by atoms with van der Waals surface area (Å²) in [4.78, 5) is 42.8. The maximum Gasteiger partial charge on any atom is 0.306 e. The van der Waals surface area contributed by atoms with Crippen molar-refractivity contribution in [3.63, 3.8) is 0 Å². The number of ether oxygens (including phenoxy) is 3. The summed E-state index contributed by atoms with van der Waals surface area (Å²) in [6.07, 6.45) is -1.01. The van der Waals surface area contributed by atoms with Crippen molar-refractivity contribution >= 4 is 23.5 Å². The molecule has 40 heavy (non-hydrogen) atoms. The number of methoxy groups -OCH3 is 1. The van der Waals surface area contributed by atoms with Gasteiger partial charge in [0.15, 0.2) is 0 Å². The Balaban J connectivity index is 1.57. The van der Waals surface area contributed by atoms with Gasteiger partial charge in [0.25, 0.3) is 5.91 Å².